The Morgan fingerprint density at radius 1 is 1.00 bits per heavy atom. The zero-order valence-electron chi connectivity index (χ0n) is 22.6. The lowest BCUT2D eigenvalue weighted by atomic mass is 9.85. The molecule has 4 nitrogen and oxygen atoms in total. The van der Waals surface area contributed by atoms with Crippen LogP contribution in [0.3, 0.4) is 0 Å². The van der Waals surface area contributed by atoms with E-state index in [0.29, 0.717) is 27.4 Å². The number of fused-ring (bicyclic) bond motifs is 1. The molecule has 2 atom stereocenters. The Bertz CT molecular complexity index is 1640. The number of nitrogens with zero attached hydrogens (tertiary/aromatic N) is 3. The SMILES string of the molecule is Cc1c(/C=C2\SC(=Nc3ccccc3)N([C@@H]3CCCC[C@@H]3C)C2=O)c2ccccc2n1Cc1ccc(Cl)cc1Cl. The summed E-state index contributed by atoms with van der Waals surface area (Å²) in [5, 5.41) is 3.15. The number of rotatable bonds is 5. The first kappa shape index (κ1) is 27.2. The molecule has 3 aromatic carbocycles. The number of amidine groups is 1. The second-order valence-electron chi connectivity index (χ2n) is 10.7. The van der Waals surface area contributed by atoms with E-state index >= 15 is 0 Å². The van der Waals surface area contributed by atoms with E-state index in [-0.39, 0.29) is 11.9 Å². The Balaban J connectivity index is 1.43. The minimum absolute atomic E-state index is 0.0513. The van der Waals surface area contributed by atoms with Crippen molar-refractivity contribution < 1.29 is 4.79 Å². The molecule has 2 aliphatic rings. The number of aromatic nitrogens is 1. The fraction of sp³-hybridized carbons (Fsp3) is 0.273. The second-order valence-corrected chi connectivity index (χ2v) is 12.5. The average Bonchev–Trinajstić information content (AvgIpc) is 3.39. The van der Waals surface area contributed by atoms with Gasteiger partial charge in [0.25, 0.3) is 5.91 Å². The van der Waals surface area contributed by atoms with Crippen molar-refractivity contribution in [1.82, 2.24) is 9.47 Å². The highest BCUT2D eigenvalue weighted by atomic mass is 35.5. The Morgan fingerprint density at radius 2 is 1.75 bits per heavy atom. The third-order valence-electron chi connectivity index (χ3n) is 8.11. The molecule has 2 heterocycles. The van der Waals surface area contributed by atoms with Gasteiger partial charge in [0.1, 0.15) is 0 Å². The zero-order valence-corrected chi connectivity index (χ0v) is 24.9. The fourth-order valence-corrected chi connectivity index (χ4v) is 7.44. The number of hydrogen-bond acceptors (Lipinski definition) is 3. The summed E-state index contributed by atoms with van der Waals surface area (Å²) in [4.78, 5) is 21.8. The lowest BCUT2D eigenvalue weighted by molar-refractivity contribution is -0.124. The molecule has 7 heteroatoms. The highest BCUT2D eigenvalue weighted by Gasteiger charge is 2.41. The van der Waals surface area contributed by atoms with Crippen molar-refractivity contribution in [2.24, 2.45) is 10.9 Å². The zero-order chi connectivity index (χ0) is 27.8. The van der Waals surface area contributed by atoms with Crippen molar-refractivity contribution in [2.45, 2.75) is 52.1 Å². The molecule has 1 saturated carbocycles. The van der Waals surface area contributed by atoms with Crippen LogP contribution in [0.1, 0.15) is 49.4 Å². The Labute approximate surface area is 249 Å². The second kappa shape index (κ2) is 11.5. The smallest absolute Gasteiger partial charge is 0.267 e. The molecular weight excluding hydrogens is 557 g/mol. The molecule has 0 spiro atoms. The summed E-state index contributed by atoms with van der Waals surface area (Å²) in [5.41, 5.74) is 5.09. The van der Waals surface area contributed by atoms with Gasteiger partial charge in [-0.3, -0.25) is 9.69 Å². The Kier molecular flexibility index (Phi) is 7.80. The van der Waals surface area contributed by atoms with Crippen molar-refractivity contribution >= 4 is 68.7 Å². The van der Waals surface area contributed by atoms with E-state index in [1.54, 1.807) is 6.07 Å². The van der Waals surface area contributed by atoms with Gasteiger partial charge in [0, 0.05) is 44.8 Å². The molecule has 0 bridgehead atoms. The molecule has 1 saturated heterocycles. The third kappa shape index (κ3) is 5.23. The van der Waals surface area contributed by atoms with Crippen molar-refractivity contribution in [3.8, 4) is 0 Å². The molecule has 1 aliphatic carbocycles. The van der Waals surface area contributed by atoms with Crippen LogP contribution >= 0.6 is 35.0 Å². The number of aliphatic imine (C=N–C) groups is 1. The number of carbonyl (C=O) groups is 1. The van der Waals surface area contributed by atoms with Crippen LogP contribution in [0.15, 0.2) is 82.7 Å². The minimum Gasteiger partial charge on any atom is -0.340 e. The summed E-state index contributed by atoms with van der Waals surface area (Å²) in [5.74, 6) is 0.488. The highest BCUT2D eigenvalue weighted by molar-refractivity contribution is 8.18. The van der Waals surface area contributed by atoms with Crippen molar-refractivity contribution in [2.75, 3.05) is 0 Å². The predicted octanol–water partition coefficient (Wildman–Crippen LogP) is 9.49. The maximum atomic E-state index is 14.1. The van der Waals surface area contributed by atoms with Crippen LogP contribution in [-0.4, -0.2) is 26.6 Å². The summed E-state index contributed by atoms with van der Waals surface area (Å²) in [6, 6.07) is 24.1. The van der Waals surface area contributed by atoms with Gasteiger partial charge in [0.15, 0.2) is 5.17 Å². The molecule has 1 aliphatic heterocycles. The number of hydrogen-bond donors (Lipinski definition) is 0. The van der Waals surface area contributed by atoms with Gasteiger partial charge in [-0.1, -0.05) is 85.4 Å². The summed E-state index contributed by atoms with van der Waals surface area (Å²) in [6.45, 7) is 4.99. The standard InChI is InChI=1S/C33H31Cl2N3OS/c1-21-10-6-8-14-29(21)38-32(39)31(40-33(38)36-25-11-4-3-5-12-25)19-27-22(2)37(30-15-9-7-13-26(27)30)20-23-16-17-24(34)18-28(23)35/h3-5,7,9,11-13,15-19,21,29H,6,8,10,14,20H2,1-2H3/b31-19-,36-33?/t21-,29+/m0/s1. The van der Waals surface area contributed by atoms with Gasteiger partial charge < -0.3 is 4.57 Å². The van der Waals surface area contributed by atoms with Crippen molar-refractivity contribution in [3.63, 3.8) is 0 Å². The van der Waals surface area contributed by atoms with Gasteiger partial charge in [0.05, 0.1) is 10.6 Å². The number of carbonyl (C=O) groups excluding carboxylic acids is 1. The van der Waals surface area contributed by atoms with Crippen LogP contribution in [0.25, 0.3) is 17.0 Å². The quantitative estimate of drug-likeness (QED) is 0.218. The number of halogens is 2. The first-order valence-electron chi connectivity index (χ1n) is 13.8. The van der Waals surface area contributed by atoms with Gasteiger partial charge in [-0.15, -0.1) is 0 Å². The van der Waals surface area contributed by atoms with Crippen LogP contribution in [-0.2, 0) is 11.3 Å². The summed E-state index contributed by atoms with van der Waals surface area (Å²) >= 11 is 14.2. The number of thioether (sulfide) groups is 1. The van der Waals surface area contributed by atoms with Crippen molar-refractivity contribution in [1.29, 1.82) is 0 Å². The highest BCUT2D eigenvalue weighted by Crippen LogP contribution is 2.41. The van der Waals surface area contributed by atoms with E-state index in [1.165, 1.54) is 18.2 Å². The minimum atomic E-state index is 0.0513. The average molecular weight is 589 g/mol. The Hall–Kier alpha value is -2.99. The molecule has 6 rings (SSSR count). The van der Waals surface area contributed by atoms with Crippen LogP contribution in [0.2, 0.25) is 10.0 Å². The molecular formula is C33H31Cl2N3OS. The van der Waals surface area contributed by atoms with E-state index in [2.05, 4.69) is 36.6 Å². The molecule has 1 amide bonds. The molecule has 1 aromatic heterocycles. The number of amides is 1. The van der Waals surface area contributed by atoms with Gasteiger partial charge in [-0.05, 0) is 79.4 Å². The fourth-order valence-electron chi connectivity index (χ4n) is 5.95. The molecule has 0 radical (unpaired) electrons. The largest absolute Gasteiger partial charge is 0.340 e. The van der Waals surface area contributed by atoms with E-state index in [1.807, 2.05) is 59.5 Å². The molecule has 40 heavy (non-hydrogen) atoms. The van der Waals surface area contributed by atoms with Gasteiger partial charge in [-0.25, -0.2) is 4.99 Å². The topological polar surface area (TPSA) is 37.6 Å². The van der Waals surface area contributed by atoms with Crippen LogP contribution in [0, 0.1) is 12.8 Å². The Morgan fingerprint density at radius 3 is 2.52 bits per heavy atom. The normalized spacial score (nSPS) is 21.7. The van der Waals surface area contributed by atoms with E-state index in [9.17, 15) is 4.79 Å². The van der Waals surface area contributed by atoms with Crippen LogP contribution < -0.4 is 0 Å². The molecule has 2 fully saturated rings. The first-order chi connectivity index (χ1) is 19.4. The summed E-state index contributed by atoms with van der Waals surface area (Å²) in [6.07, 6.45) is 6.57. The van der Waals surface area contributed by atoms with E-state index in [4.69, 9.17) is 28.2 Å². The van der Waals surface area contributed by atoms with Crippen LogP contribution in [0.5, 0.6) is 0 Å². The number of para-hydroxylation sites is 2. The molecule has 204 valence electrons. The monoisotopic (exact) mass is 587 g/mol. The summed E-state index contributed by atoms with van der Waals surface area (Å²) in [7, 11) is 0. The summed E-state index contributed by atoms with van der Waals surface area (Å²) < 4.78 is 2.26. The molecule has 0 unspecified atom stereocenters. The lowest BCUT2D eigenvalue weighted by Crippen LogP contribution is -2.44. The molecule has 4 aromatic rings. The maximum absolute atomic E-state index is 14.1. The third-order valence-corrected chi connectivity index (χ3v) is 9.68. The lowest BCUT2D eigenvalue weighted by Gasteiger charge is -2.35. The van der Waals surface area contributed by atoms with E-state index < -0.39 is 0 Å². The number of benzene rings is 3. The van der Waals surface area contributed by atoms with Gasteiger partial charge in [0.2, 0.25) is 0 Å². The van der Waals surface area contributed by atoms with Gasteiger partial charge in [-0.2, -0.15) is 0 Å². The van der Waals surface area contributed by atoms with Gasteiger partial charge >= 0.3 is 0 Å². The van der Waals surface area contributed by atoms with Crippen LogP contribution in [0.4, 0.5) is 5.69 Å². The predicted molar refractivity (Wildman–Crippen MR) is 170 cm³/mol. The van der Waals surface area contributed by atoms with E-state index in [0.717, 1.165) is 57.8 Å². The maximum Gasteiger partial charge on any atom is 0.267 e. The first-order valence-corrected chi connectivity index (χ1v) is 15.4. The van der Waals surface area contributed by atoms with Crippen molar-refractivity contribution in [3.05, 3.63) is 105 Å². The molecule has 0 N–H and O–H groups in total.